The predicted octanol–water partition coefficient (Wildman–Crippen LogP) is 1.23. The first-order chi connectivity index (χ1) is 10.3. The third-order valence-electron chi connectivity index (χ3n) is 3.65. The minimum absolute atomic E-state index is 0. The van der Waals surface area contributed by atoms with Crippen molar-refractivity contribution in [2.45, 2.75) is 25.5 Å². The molecule has 1 aromatic rings. The van der Waals surface area contributed by atoms with Gasteiger partial charge in [0.2, 0.25) is 0 Å². The van der Waals surface area contributed by atoms with Crippen LogP contribution >= 0.6 is 24.0 Å². The van der Waals surface area contributed by atoms with Crippen LogP contribution in [-0.2, 0) is 11.8 Å². The maximum atomic E-state index is 5.40. The molecule has 8 heteroatoms. The maximum Gasteiger partial charge on any atom is 0.191 e. The fraction of sp³-hybridized carbons (Fsp3) is 0.733. The molecular weight excluding hydrogens is 407 g/mol. The Bertz CT molecular complexity index is 486. The van der Waals surface area contributed by atoms with Crippen LogP contribution in [0.3, 0.4) is 0 Å². The van der Waals surface area contributed by atoms with E-state index < -0.39 is 0 Å². The number of aliphatic imine (C=N–C) groups is 1. The number of rotatable bonds is 7. The SMILES string of the molecule is CN=C(NCC(c1cnn(C)c1)N(C)C)NCC(C)(C)OC.I. The van der Waals surface area contributed by atoms with Gasteiger partial charge in [-0.05, 0) is 27.9 Å². The van der Waals surface area contributed by atoms with Crippen molar-refractivity contribution >= 4 is 29.9 Å². The lowest BCUT2D eigenvalue weighted by molar-refractivity contribution is 0.0268. The van der Waals surface area contributed by atoms with Crippen molar-refractivity contribution in [3.8, 4) is 0 Å². The Morgan fingerprint density at radius 3 is 2.52 bits per heavy atom. The molecule has 1 unspecified atom stereocenters. The first-order valence-electron chi connectivity index (χ1n) is 7.43. The summed E-state index contributed by atoms with van der Waals surface area (Å²) in [6, 6.07) is 0.225. The summed E-state index contributed by atoms with van der Waals surface area (Å²) in [6.07, 6.45) is 3.94. The Balaban J connectivity index is 0.00000484. The molecule has 0 saturated carbocycles. The molecule has 0 fully saturated rings. The molecule has 1 rings (SSSR count). The highest BCUT2D eigenvalue weighted by molar-refractivity contribution is 14.0. The Morgan fingerprint density at radius 2 is 2.09 bits per heavy atom. The molecule has 0 aromatic carbocycles. The molecule has 0 radical (unpaired) electrons. The maximum absolute atomic E-state index is 5.40. The fourth-order valence-corrected chi connectivity index (χ4v) is 1.99. The lowest BCUT2D eigenvalue weighted by atomic mass is 10.1. The van der Waals surface area contributed by atoms with Gasteiger partial charge in [0, 0.05) is 46.1 Å². The van der Waals surface area contributed by atoms with Crippen LogP contribution in [0, 0.1) is 0 Å². The quantitative estimate of drug-likeness (QED) is 0.381. The second kappa shape index (κ2) is 10.1. The van der Waals surface area contributed by atoms with Crippen molar-refractivity contribution in [1.29, 1.82) is 0 Å². The third-order valence-corrected chi connectivity index (χ3v) is 3.65. The third kappa shape index (κ3) is 7.49. The largest absolute Gasteiger partial charge is 0.377 e. The summed E-state index contributed by atoms with van der Waals surface area (Å²) in [5.41, 5.74) is 0.940. The fourth-order valence-electron chi connectivity index (χ4n) is 1.99. The number of halogens is 1. The standard InChI is InChI=1S/C15H30N6O.HI/c1-15(2,22-7)11-18-14(16-3)17-9-13(20(4)5)12-8-19-21(6)10-12;/h8,10,13H,9,11H2,1-7H3,(H2,16,17,18);1H. The Labute approximate surface area is 156 Å². The number of guanidine groups is 1. The number of aromatic nitrogens is 2. The van der Waals surface area contributed by atoms with Gasteiger partial charge in [-0.3, -0.25) is 9.67 Å². The highest BCUT2D eigenvalue weighted by Gasteiger charge is 2.18. The van der Waals surface area contributed by atoms with Gasteiger partial charge in [-0.1, -0.05) is 0 Å². The van der Waals surface area contributed by atoms with E-state index in [1.54, 1.807) is 14.2 Å². The van der Waals surface area contributed by atoms with Gasteiger partial charge in [-0.2, -0.15) is 5.10 Å². The zero-order valence-electron chi connectivity index (χ0n) is 15.3. The van der Waals surface area contributed by atoms with Gasteiger partial charge in [-0.15, -0.1) is 24.0 Å². The predicted molar refractivity (Wildman–Crippen MR) is 106 cm³/mol. The minimum Gasteiger partial charge on any atom is -0.377 e. The first kappa shape index (κ1) is 22.1. The molecule has 0 aliphatic rings. The molecule has 0 spiro atoms. The van der Waals surface area contributed by atoms with Crippen LogP contribution in [0.1, 0.15) is 25.5 Å². The average Bonchev–Trinajstić information content (AvgIpc) is 2.88. The van der Waals surface area contributed by atoms with Gasteiger partial charge >= 0.3 is 0 Å². The number of aryl methyl sites for hydroxylation is 1. The van der Waals surface area contributed by atoms with Crippen molar-refractivity contribution in [1.82, 2.24) is 25.3 Å². The van der Waals surface area contributed by atoms with Gasteiger partial charge in [0.05, 0.1) is 17.8 Å². The average molecular weight is 438 g/mol. The second-order valence-corrected chi connectivity index (χ2v) is 6.20. The normalized spacial score (nSPS) is 13.7. The van der Waals surface area contributed by atoms with E-state index in [2.05, 4.69) is 39.7 Å². The molecule has 134 valence electrons. The van der Waals surface area contributed by atoms with Crippen LogP contribution in [0.25, 0.3) is 0 Å². The minimum atomic E-state index is -0.234. The number of methoxy groups -OCH3 is 1. The van der Waals surface area contributed by atoms with E-state index in [4.69, 9.17) is 4.74 Å². The second-order valence-electron chi connectivity index (χ2n) is 6.20. The first-order valence-corrected chi connectivity index (χ1v) is 7.43. The summed E-state index contributed by atoms with van der Waals surface area (Å²) in [5.74, 6) is 0.765. The van der Waals surface area contributed by atoms with E-state index in [1.807, 2.05) is 38.0 Å². The summed E-state index contributed by atoms with van der Waals surface area (Å²) in [5, 5.41) is 10.9. The van der Waals surface area contributed by atoms with E-state index >= 15 is 0 Å². The van der Waals surface area contributed by atoms with Gasteiger partial charge < -0.3 is 20.3 Å². The van der Waals surface area contributed by atoms with Crippen molar-refractivity contribution in [3.05, 3.63) is 18.0 Å². The van der Waals surface area contributed by atoms with E-state index in [-0.39, 0.29) is 35.6 Å². The van der Waals surface area contributed by atoms with Gasteiger partial charge in [0.1, 0.15) is 0 Å². The Kier molecular flexibility index (Phi) is 9.71. The molecule has 0 aliphatic heterocycles. The number of ether oxygens (including phenoxy) is 1. The molecule has 0 aliphatic carbocycles. The van der Waals surface area contributed by atoms with Crippen molar-refractivity contribution < 1.29 is 4.74 Å². The molecule has 1 heterocycles. The number of likely N-dealkylation sites (N-methyl/N-ethyl adjacent to an activating group) is 1. The summed E-state index contributed by atoms with van der Waals surface area (Å²) in [7, 11) is 9.52. The van der Waals surface area contributed by atoms with E-state index in [0.717, 1.165) is 12.5 Å². The van der Waals surface area contributed by atoms with E-state index in [1.165, 1.54) is 5.56 Å². The molecule has 2 N–H and O–H groups in total. The summed E-state index contributed by atoms with van der Waals surface area (Å²) >= 11 is 0. The highest BCUT2D eigenvalue weighted by Crippen LogP contribution is 2.16. The summed E-state index contributed by atoms with van der Waals surface area (Å²) < 4.78 is 7.22. The smallest absolute Gasteiger partial charge is 0.191 e. The number of hydrogen-bond acceptors (Lipinski definition) is 4. The molecule has 1 atom stereocenters. The summed E-state index contributed by atoms with van der Waals surface area (Å²) in [6.45, 7) is 5.49. The Morgan fingerprint density at radius 1 is 1.43 bits per heavy atom. The number of hydrogen-bond donors (Lipinski definition) is 2. The highest BCUT2D eigenvalue weighted by atomic mass is 127. The topological polar surface area (TPSA) is 66.7 Å². The van der Waals surface area contributed by atoms with Crippen LogP contribution in [-0.4, -0.2) is 67.6 Å². The number of nitrogens with zero attached hydrogens (tertiary/aromatic N) is 4. The lowest BCUT2D eigenvalue weighted by Gasteiger charge is -2.27. The monoisotopic (exact) mass is 438 g/mol. The lowest BCUT2D eigenvalue weighted by Crippen LogP contribution is -2.47. The van der Waals surface area contributed by atoms with Crippen LogP contribution in [0.5, 0.6) is 0 Å². The molecule has 1 aromatic heterocycles. The number of nitrogens with one attached hydrogen (secondary N) is 2. The van der Waals surface area contributed by atoms with Gasteiger partial charge in [0.15, 0.2) is 5.96 Å². The zero-order chi connectivity index (χ0) is 16.8. The van der Waals surface area contributed by atoms with Gasteiger partial charge in [0.25, 0.3) is 0 Å². The van der Waals surface area contributed by atoms with Crippen LogP contribution in [0.15, 0.2) is 17.4 Å². The van der Waals surface area contributed by atoms with Crippen molar-refractivity contribution in [2.75, 3.05) is 41.3 Å². The van der Waals surface area contributed by atoms with E-state index in [0.29, 0.717) is 6.54 Å². The molecule has 7 nitrogen and oxygen atoms in total. The Hall–Kier alpha value is -0.870. The van der Waals surface area contributed by atoms with Crippen LogP contribution < -0.4 is 10.6 Å². The zero-order valence-corrected chi connectivity index (χ0v) is 17.6. The summed E-state index contributed by atoms with van der Waals surface area (Å²) in [4.78, 5) is 6.42. The molecule has 23 heavy (non-hydrogen) atoms. The molecule has 0 amide bonds. The van der Waals surface area contributed by atoms with E-state index in [9.17, 15) is 0 Å². The van der Waals surface area contributed by atoms with Crippen molar-refractivity contribution in [3.63, 3.8) is 0 Å². The van der Waals surface area contributed by atoms with Crippen LogP contribution in [0.2, 0.25) is 0 Å². The molecule has 0 bridgehead atoms. The van der Waals surface area contributed by atoms with Gasteiger partial charge in [-0.25, -0.2) is 0 Å². The molecule has 0 saturated heterocycles. The van der Waals surface area contributed by atoms with Crippen molar-refractivity contribution in [2.24, 2.45) is 12.0 Å². The molecular formula is C15H31IN6O. The van der Waals surface area contributed by atoms with Crippen LogP contribution in [0.4, 0.5) is 0 Å².